The largest absolute Gasteiger partial charge is 0.573 e. The van der Waals surface area contributed by atoms with Crippen molar-refractivity contribution in [3.05, 3.63) is 40.4 Å². The molecule has 0 bridgehead atoms. The number of amides is 1. The van der Waals surface area contributed by atoms with Gasteiger partial charge in [0.15, 0.2) is 5.13 Å². The number of ether oxygens (including phenoxy) is 1. The molecule has 0 saturated carbocycles. The fraction of sp³-hybridized carbons (Fsp3) is 0.333. The van der Waals surface area contributed by atoms with Crippen LogP contribution >= 0.6 is 11.3 Å². The van der Waals surface area contributed by atoms with Gasteiger partial charge in [0.2, 0.25) is 0 Å². The first-order valence-electron chi connectivity index (χ1n) is 7.21. The summed E-state index contributed by atoms with van der Waals surface area (Å²) in [6.07, 6.45) is -2.37. The van der Waals surface area contributed by atoms with Crippen LogP contribution in [0.2, 0.25) is 0 Å². The average Bonchev–Trinajstić information content (AvgIpc) is 2.87. The fourth-order valence-electron chi connectivity index (χ4n) is 2.43. The number of thiazole rings is 1. The summed E-state index contributed by atoms with van der Waals surface area (Å²) in [5, 5.41) is 3.13. The second-order valence-corrected chi connectivity index (χ2v) is 6.50. The van der Waals surface area contributed by atoms with Crippen molar-refractivity contribution in [2.75, 3.05) is 5.32 Å². The molecule has 1 aromatic carbocycles. The fourth-order valence-corrected chi connectivity index (χ4v) is 3.53. The lowest BCUT2D eigenvalue weighted by atomic mass is 9.99. The predicted molar refractivity (Wildman–Crippen MR) is 83.2 cm³/mol. The minimum absolute atomic E-state index is 0.114. The summed E-state index contributed by atoms with van der Waals surface area (Å²) in [6.45, 7) is 0. The number of aryl methyl sites for hydroxylation is 1. The number of rotatable bonds is 3. The molecule has 1 aromatic heterocycles. The molecule has 1 atom stereocenters. The van der Waals surface area contributed by atoms with Crippen molar-refractivity contribution in [3.8, 4) is 5.75 Å². The molecule has 2 aromatic rings. The summed E-state index contributed by atoms with van der Waals surface area (Å²) < 4.78 is 40.1. The number of fused-ring (bicyclic) bond motifs is 1. The van der Waals surface area contributed by atoms with Crippen LogP contribution in [0.4, 0.5) is 18.3 Å². The number of nitrogens with zero attached hydrogens (tertiary/aromatic N) is 1. The predicted octanol–water partition coefficient (Wildman–Crippen LogP) is 3.11. The lowest BCUT2D eigenvalue weighted by Gasteiger charge is -2.15. The van der Waals surface area contributed by atoms with Crippen molar-refractivity contribution in [3.63, 3.8) is 0 Å². The van der Waals surface area contributed by atoms with E-state index in [1.54, 1.807) is 0 Å². The normalized spacial score (nSPS) is 17.2. The number of halogens is 3. The third-order valence-electron chi connectivity index (χ3n) is 3.55. The Morgan fingerprint density at radius 2 is 2.04 bits per heavy atom. The zero-order valence-corrected chi connectivity index (χ0v) is 13.2. The molecule has 1 heterocycles. The maximum Gasteiger partial charge on any atom is 0.573 e. The standard InChI is InChI=1S/C15H14F3N3O2S/c16-15(17,18)23-10-4-1-8(2-5-10)13(22)21-14-20-11-6-3-9(19)7-12(11)24-14/h1-2,4-5,9H,3,6-7,19H2,(H,20,21,22)/t9-/m0/s1. The van der Waals surface area contributed by atoms with E-state index in [0.29, 0.717) is 5.13 Å². The minimum atomic E-state index is -4.76. The first kappa shape index (κ1) is 16.7. The summed E-state index contributed by atoms with van der Waals surface area (Å²) >= 11 is 1.38. The highest BCUT2D eigenvalue weighted by Crippen LogP contribution is 2.29. The molecule has 1 amide bonds. The van der Waals surface area contributed by atoms with Crippen molar-refractivity contribution in [1.82, 2.24) is 4.98 Å². The van der Waals surface area contributed by atoms with Crippen LogP contribution < -0.4 is 15.8 Å². The Labute approximate surface area is 139 Å². The highest BCUT2D eigenvalue weighted by atomic mass is 32.1. The van der Waals surface area contributed by atoms with Crippen molar-refractivity contribution in [2.45, 2.75) is 31.7 Å². The van der Waals surface area contributed by atoms with Crippen LogP contribution in [0, 0.1) is 0 Å². The maximum absolute atomic E-state index is 12.2. The molecule has 24 heavy (non-hydrogen) atoms. The molecule has 3 rings (SSSR count). The van der Waals surface area contributed by atoms with Crippen LogP contribution in [-0.2, 0) is 12.8 Å². The Hall–Kier alpha value is -2.13. The minimum Gasteiger partial charge on any atom is -0.406 e. The van der Waals surface area contributed by atoms with Crippen LogP contribution in [-0.4, -0.2) is 23.3 Å². The number of aromatic nitrogens is 1. The molecule has 1 aliphatic rings. The molecule has 5 nitrogen and oxygen atoms in total. The number of hydrogen-bond acceptors (Lipinski definition) is 5. The smallest absolute Gasteiger partial charge is 0.406 e. The van der Waals surface area contributed by atoms with E-state index in [4.69, 9.17) is 5.73 Å². The van der Waals surface area contributed by atoms with E-state index in [-0.39, 0.29) is 17.4 Å². The summed E-state index contributed by atoms with van der Waals surface area (Å²) in [5.74, 6) is -0.818. The molecular formula is C15H14F3N3O2S. The van der Waals surface area contributed by atoms with Crippen molar-refractivity contribution in [2.24, 2.45) is 5.73 Å². The molecule has 0 radical (unpaired) electrons. The highest BCUT2D eigenvalue weighted by molar-refractivity contribution is 7.15. The number of benzene rings is 1. The quantitative estimate of drug-likeness (QED) is 0.885. The van der Waals surface area contributed by atoms with Gasteiger partial charge < -0.3 is 10.5 Å². The number of nitrogens with one attached hydrogen (secondary N) is 1. The third kappa shape index (κ3) is 4.04. The highest BCUT2D eigenvalue weighted by Gasteiger charge is 2.31. The Bertz CT molecular complexity index is 743. The number of alkyl halides is 3. The van der Waals surface area contributed by atoms with E-state index >= 15 is 0 Å². The van der Waals surface area contributed by atoms with Gasteiger partial charge in [-0.15, -0.1) is 24.5 Å². The number of hydrogen-bond donors (Lipinski definition) is 2. The molecule has 0 aliphatic heterocycles. The van der Waals surface area contributed by atoms with Gasteiger partial charge in [-0.1, -0.05) is 0 Å². The number of anilines is 1. The molecular weight excluding hydrogens is 343 g/mol. The van der Waals surface area contributed by atoms with E-state index in [9.17, 15) is 18.0 Å². The number of carbonyl (C=O) groups is 1. The van der Waals surface area contributed by atoms with Gasteiger partial charge in [-0.25, -0.2) is 4.98 Å². The van der Waals surface area contributed by atoms with Gasteiger partial charge >= 0.3 is 6.36 Å². The van der Waals surface area contributed by atoms with Crippen LogP contribution in [0.3, 0.4) is 0 Å². The van der Waals surface area contributed by atoms with E-state index in [0.717, 1.165) is 42.0 Å². The van der Waals surface area contributed by atoms with Crippen molar-refractivity contribution < 1.29 is 22.7 Å². The number of carbonyl (C=O) groups excluding carboxylic acids is 1. The second kappa shape index (κ2) is 6.40. The summed E-state index contributed by atoms with van der Waals surface area (Å²) in [5.41, 5.74) is 7.08. The zero-order valence-electron chi connectivity index (χ0n) is 12.4. The van der Waals surface area contributed by atoms with E-state index < -0.39 is 12.3 Å². The van der Waals surface area contributed by atoms with E-state index in [2.05, 4.69) is 15.0 Å². The molecule has 128 valence electrons. The van der Waals surface area contributed by atoms with Gasteiger partial charge in [0.1, 0.15) is 5.75 Å². The molecule has 3 N–H and O–H groups in total. The summed E-state index contributed by atoms with van der Waals surface area (Å²) in [4.78, 5) is 17.6. The first-order chi connectivity index (χ1) is 11.3. The molecule has 0 spiro atoms. The van der Waals surface area contributed by atoms with Crippen LogP contribution in [0.1, 0.15) is 27.3 Å². The van der Waals surface area contributed by atoms with Crippen LogP contribution in [0.15, 0.2) is 24.3 Å². The monoisotopic (exact) mass is 357 g/mol. The lowest BCUT2D eigenvalue weighted by molar-refractivity contribution is -0.274. The van der Waals surface area contributed by atoms with E-state index in [1.807, 2.05) is 0 Å². The summed E-state index contributed by atoms with van der Waals surface area (Å²) in [7, 11) is 0. The summed E-state index contributed by atoms with van der Waals surface area (Å²) in [6, 6.07) is 4.82. The van der Waals surface area contributed by atoms with Gasteiger partial charge in [-0.05, 0) is 43.5 Å². The van der Waals surface area contributed by atoms with Gasteiger partial charge in [0.25, 0.3) is 5.91 Å². The molecule has 9 heteroatoms. The van der Waals surface area contributed by atoms with Gasteiger partial charge in [0.05, 0.1) is 5.69 Å². The molecule has 0 unspecified atom stereocenters. The Morgan fingerprint density at radius 1 is 1.33 bits per heavy atom. The maximum atomic E-state index is 12.2. The number of nitrogens with two attached hydrogens (primary N) is 1. The topological polar surface area (TPSA) is 77.2 Å². The van der Waals surface area contributed by atoms with Gasteiger partial charge in [-0.2, -0.15) is 0 Å². The van der Waals surface area contributed by atoms with Gasteiger partial charge in [-0.3, -0.25) is 10.1 Å². The third-order valence-corrected chi connectivity index (χ3v) is 4.58. The SMILES string of the molecule is N[C@H]1CCc2nc(NC(=O)c3ccc(OC(F)(F)F)cc3)sc2C1. The van der Waals surface area contributed by atoms with E-state index in [1.165, 1.54) is 23.5 Å². The Kier molecular flexibility index (Phi) is 4.46. The average molecular weight is 357 g/mol. The molecule has 0 saturated heterocycles. The second-order valence-electron chi connectivity index (χ2n) is 5.42. The van der Waals surface area contributed by atoms with Gasteiger partial charge in [0, 0.05) is 16.5 Å². The Morgan fingerprint density at radius 3 is 2.71 bits per heavy atom. The first-order valence-corrected chi connectivity index (χ1v) is 8.03. The lowest BCUT2D eigenvalue weighted by Crippen LogP contribution is -2.27. The van der Waals surface area contributed by atoms with Crippen molar-refractivity contribution >= 4 is 22.4 Å². The molecule has 1 aliphatic carbocycles. The van der Waals surface area contributed by atoms with Crippen LogP contribution in [0.25, 0.3) is 0 Å². The Balaban J connectivity index is 1.67. The van der Waals surface area contributed by atoms with Crippen LogP contribution in [0.5, 0.6) is 5.75 Å². The zero-order chi connectivity index (χ0) is 17.3. The molecule has 0 fully saturated rings. The van der Waals surface area contributed by atoms with Crippen molar-refractivity contribution in [1.29, 1.82) is 0 Å².